The molecule has 0 fully saturated rings. The molecule has 0 bridgehead atoms. The maximum Gasteiger partial charge on any atom is 0.148 e. The molecule has 4 heteroatoms. The Morgan fingerprint density at radius 3 is 2.80 bits per heavy atom. The molecular weight excluding hydrogens is 253 g/mol. The first-order valence-electron chi connectivity index (χ1n) is 7.29. The molecule has 0 radical (unpaired) electrons. The summed E-state index contributed by atoms with van der Waals surface area (Å²) in [6.45, 7) is 5.20. The molecule has 1 aromatic carbocycles. The van der Waals surface area contributed by atoms with Crippen molar-refractivity contribution in [3.8, 4) is 5.69 Å². The summed E-state index contributed by atoms with van der Waals surface area (Å²) in [6.07, 6.45) is 3.32. The first-order valence-corrected chi connectivity index (χ1v) is 7.29. The molecule has 0 aliphatic carbocycles. The van der Waals surface area contributed by atoms with E-state index in [9.17, 15) is 4.39 Å². The summed E-state index contributed by atoms with van der Waals surface area (Å²) in [5.74, 6) is 1.08. The lowest BCUT2D eigenvalue weighted by Gasteiger charge is -2.09. The smallest absolute Gasteiger partial charge is 0.148 e. The van der Waals surface area contributed by atoms with Gasteiger partial charge in [-0.3, -0.25) is 0 Å². The summed E-state index contributed by atoms with van der Waals surface area (Å²) in [7, 11) is 0. The molecular formula is C16H20FN3. The van der Waals surface area contributed by atoms with Crippen LogP contribution in [0.3, 0.4) is 0 Å². The fraction of sp³-hybridized carbons (Fsp3) is 0.438. The van der Waals surface area contributed by atoms with Gasteiger partial charge in [0.15, 0.2) is 0 Å². The van der Waals surface area contributed by atoms with E-state index in [1.54, 1.807) is 16.8 Å². The van der Waals surface area contributed by atoms with E-state index in [-0.39, 0.29) is 5.82 Å². The van der Waals surface area contributed by atoms with Crippen molar-refractivity contribution in [3.63, 3.8) is 0 Å². The number of anilines is 1. The molecule has 1 aliphatic heterocycles. The second-order valence-corrected chi connectivity index (χ2v) is 5.61. The van der Waals surface area contributed by atoms with Crippen molar-refractivity contribution < 1.29 is 4.39 Å². The lowest BCUT2D eigenvalue weighted by atomic mass is 10.0. The molecule has 0 saturated carbocycles. The highest BCUT2D eigenvalue weighted by molar-refractivity contribution is 5.55. The third-order valence-electron chi connectivity index (χ3n) is 3.79. The Bertz CT molecular complexity index is 616. The molecule has 2 heterocycles. The standard InChI is InChI=1S/C16H20FN3/c1-11(2)15-12-7-5-6-10-18-16(12)20(19-15)14-9-4-3-8-13(14)17/h3-4,8-9,11,18H,5-7,10H2,1-2H3. The van der Waals surface area contributed by atoms with Crippen molar-refractivity contribution in [2.45, 2.75) is 39.0 Å². The van der Waals surface area contributed by atoms with Crippen LogP contribution in [0.25, 0.3) is 5.69 Å². The predicted octanol–water partition coefficient (Wildman–Crippen LogP) is 3.88. The molecule has 0 atom stereocenters. The molecule has 3 nitrogen and oxygen atoms in total. The molecule has 2 aromatic rings. The van der Waals surface area contributed by atoms with Crippen molar-refractivity contribution in [1.29, 1.82) is 0 Å². The third-order valence-corrected chi connectivity index (χ3v) is 3.79. The Hall–Kier alpha value is -1.84. The number of fused-ring (bicyclic) bond motifs is 1. The highest BCUT2D eigenvalue weighted by atomic mass is 19.1. The molecule has 3 rings (SSSR count). The maximum absolute atomic E-state index is 14.1. The van der Waals surface area contributed by atoms with E-state index in [0.717, 1.165) is 37.3 Å². The van der Waals surface area contributed by atoms with Gasteiger partial charge in [-0.25, -0.2) is 9.07 Å². The van der Waals surface area contributed by atoms with Gasteiger partial charge in [0.05, 0.1) is 5.69 Å². The van der Waals surface area contributed by atoms with Gasteiger partial charge < -0.3 is 5.32 Å². The minimum absolute atomic E-state index is 0.237. The number of benzene rings is 1. The number of para-hydroxylation sites is 1. The van der Waals surface area contributed by atoms with Crippen LogP contribution in [0.5, 0.6) is 0 Å². The average molecular weight is 273 g/mol. The van der Waals surface area contributed by atoms with Crippen molar-refractivity contribution >= 4 is 5.82 Å². The summed E-state index contributed by atoms with van der Waals surface area (Å²) >= 11 is 0. The summed E-state index contributed by atoms with van der Waals surface area (Å²) in [4.78, 5) is 0. The van der Waals surface area contributed by atoms with Gasteiger partial charge in [-0.1, -0.05) is 26.0 Å². The van der Waals surface area contributed by atoms with Crippen molar-refractivity contribution in [2.24, 2.45) is 0 Å². The van der Waals surface area contributed by atoms with E-state index in [0.29, 0.717) is 11.6 Å². The van der Waals surface area contributed by atoms with E-state index in [4.69, 9.17) is 0 Å². The van der Waals surface area contributed by atoms with Crippen LogP contribution in [0.15, 0.2) is 24.3 Å². The minimum atomic E-state index is -0.237. The van der Waals surface area contributed by atoms with Gasteiger partial charge in [-0.15, -0.1) is 0 Å². The molecule has 20 heavy (non-hydrogen) atoms. The Morgan fingerprint density at radius 2 is 2.05 bits per heavy atom. The van der Waals surface area contributed by atoms with Crippen LogP contribution in [0, 0.1) is 5.82 Å². The van der Waals surface area contributed by atoms with Crippen LogP contribution >= 0.6 is 0 Å². The highest BCUT2D eigenvalue weighted by Gasteiger charge is 2.23. The number of rotatable bonds is 2. The summed E-state index contributed by atoms with van der Waals surface area (Å²) in [6, 6.07) is 6.81. The Morgan fingerprint density at radius 1 is 1.25 bits per heavy atom. The topological polar surface area (TPSA) is 29.9 Å². The molecule has 0 amide bonds. The summed E-state index contributed by atoms with van der Waals surface area (Å²) < 4.78 is 15.8. The second-order valence-electron chi connectivity index (χ2n) is 5.61. The molecule has 0 saturated heterocycles. The van der Waals surface area contributed by atoms with Gasteiger partial charge in [0.25, 0.3) is 0 Å². The van der Waals surface area contributed by atoms with Gasteiger partial charge >= 0.3 is 0 Å². The van der Waals surface area contributed by atoms with Crippen molar-refractivity contribution in [1.82, 2.24) is 9.78 Å². The lowest BCUT2D eigenvalue weighted by Crippen LogP contribution is -2.08. The van der Waals surface area contributed by atoms with Gasteiger partial charge in [0.1, 0.15) is 17.3 Å². The van der Waals surface area contributed by atoms with Crippen LogP contribution < -0.4 is 5.32 Å². The number of nitrogens with one attached hydrogen (secondary N) is 1. The fourth-order valence-electron chi connectivity index (χ4n) is 2.79. The van der Waals surface area contributed by atoms with Crippen LogP contribution in [0.4, 0.5) is 10.2 Å². The maximum atomic E-state index is 14.1. The Balaban J connectivity index is 2.19. The first kappa shape index (κ1) is 13.2. The van der Waals surface area contributed by atoms with E-state index in [2.05, 4.69) is 24.3 Å². The fourth-order valence-corrected chi connectivity index (χ4v) is 2.79. The number of hydrogen-bond acceptors (Lipinski definition) is 2. The van der Waals surface area contributed by atoms with Crippen LogP contribution in [0.2, 0.25) is 0 Å². The number of nitrogens with zero attached hydrogens (tertiary/aromatic N) is 2. The Labute approximate surface area is 118 Å². The van der Waals surface area contributed by atoms with Gasteiger partial charge in [-0.05, 0) is 37.3 Å². The monoisotopic (exact) mass is 273 g/mol. The molecule has 0 spiro atoms. The zero-order valence-electron chi connectivity index (χ0n) is 12.0. The number of aromatic nitrogens is 2. The van der Waals surface area contributed by atoms with Gasteiger partial charge in [-0.2, -0.15) is 5.10 Å². The highest BCUT2D eigenvalue weighted by Crippen LogP contribution is 2.32. The summed E-state index contributed by atoms with van der Waals surface area (Å²) in [5, 5.41) is 8.11. The quantitative estimate of drug-likeness (QED) is 0.899. The van der Waals surface area contributed by atoms with E-state index < -0.39 is 0 Å². The lowest BCUT2D eigenvalue weighted by molar-refractivity contribution is 0.609. The van der Waals surface area contributed by atoms with Crippen molar-refractivity contribution in [3.05, 3.63) is 41.3 Å². The molecule has 1 N–H and O–H groups in total. The second kappa shape index (κ2) is 5.27. The third kappa shape index (κ3) is 2.19. The number of hydrogen-bond donors (Lipinski definition) is 1. The van der Waals surface area contributed by atoms with Gasteiger partial charge in [0, 0.05) is 12.1 Å². The normalized spacial score (nSPS) is 14.8. The largest absolute Gasteiger partial charge is 0.370 e. The van der Waals surface area contributed by atoms with Crippen LogP contribution in [-0.4, -0.2) is 16.3 Å². The van der Waals surface area contributed by atoms with Gasteiger partial charge in [0.2, 0.25) is 0 Å². The predicted molar refractivity (Wildman–Crippen MR) is 79.0 cm³/mol. The molecule has 0 unspecified atom stereocenters. The van der Waals surface area contributed by atoms with Crippen LogP contribution in [0.1, 0.15) is 43.9 Å². The average Bonchev–Trinajstić information content (AvgIpc) is 2.63. The van der Waals surface area contributed by atoms with Crippen LogP contribution in [-0.2, 0) is 6.42 Å². The SMILES string of the molecule is CC(C)c1nn(-c2ccccc2F)c2c1CCCCN2. The Kier molecular flexibility index (Phi) is 3.47. The van der Waals surface area contributed by atoms with E-state index in [1.807, 2.05) is 6.07 Å². The zero-order chi connectivity index (χ0) is 14.1. The number of halogens is 1. The van der Waals surface area contributed by atoms with E-state index in [1.165, 1.54) is 11.6 Å². The molecule has 1 aromatic heterocycles. The zero-order valence-corrected chi connectivity index (χ0v) is 12.0. The van der Waals surface area contributed by atoms with E-state index >= 15 is 0 Å². The summed E-state index contributed by atoms with van der Waals surface area (Å²) in [5.41, 5.74) is 2.85. The minimum Gasteiger partial charge on any atom is -0.370 e. The molecule has 106 valence electrons. The van der Waals surface area contributed by atoms with Crippen molar-refractivity contribution in [2.75, 3.05) is 11.9 Å². The first-order chi connectivity index (χ1) is 9.68. The molecule has 1 aliphatic rings.